The maximum atomic E-state index is 5.47. The summed E-state index contributed by atoms with van der Waals surface area (Å²) in [5.74, 6) is 0.933. The van der Waals surface area contributed by atoms with Gasteiger partial charge in [-0.05, 0) is 58.5 Å². The number of fused-ring (bicyclic) bond motifs is 10. The Morgan fingerprint density at radius 2 is 1.09 bits per heavy atom. The van der Waals surface area contributed by atoms with Gasteiger partial charge in [0.05, 0.1) is 27.6 Å². The van der Waals surface area contributed by atoms with Gasteiger partial charge in [-0.2, -0.15) is 0 Å². The van der Waals surface area contributed by atoms with E-state index in [2.05, 4.69) is 187 Å². The highest BCUT2D eigenvalue weighted by Gasteiger charge is 2.44. The predicted molar refractivity (Wildman–Crippen MR) is 242 cm³/mol. The maximum Gasteiger partial charge on any atom is 0.160 e. The van der Waals surface area contributed by atoms with Crippen LogP contribution in [0.4, 0.5) is 11.4 Å². The van der Waals surface area contributed by atoms with Gasteiger partial charge in [0.2, 0.25) is 0 Å². The highest BCUT2D eigenvalue weighted by molar-refractivity contribution is 7.26. The van der Waals surface area contributed by atoms with Gasteiger partial charge in [0.15, 0.2) is 5.82 Å². The molecule has 2 unspecified atom stereocenters. The van der Waals surface area contributed by atoms with Crippen molar-refractivity contribution in [2.75, 3.05) is 4.90 Å². The van der Waals surface area contributed by atoms with Crippen LogP contribution in [0.1, 0.15) is 28.0 Å². The van der Waals surface area contributed by atoms with E-state index in [0.717, 1.165) is 38.2 Å². The zero-order valence-electron chi connectivity index (χ0n) is 30.7. The van der Waals surface area contributed by atoms with Crippen molar-refractivity contribution in [3.63, 3.8) is 0 Å². The second kappa shape index (κ2) is 13.0. The van der Waals surface area contributed by atoms with E-state index in [1.807, 2.05) is 17.4 Å². The lowest BCUT2D eigenvalue weighted by molar-refractivity contribution is 0.676. The smallest absolute Gasteiger partial charge is 0.160 e. The first-order chi connectivity index (χ1) is 28.3. The predicted octanol–water partition coefficient (Wildman–Crippen LogP) is 14.7. The molecule has 0 amide bonds. The Balaban J connectivity index is 1.20. The number of hydrogen-bond donors (Lipinski definition) is 0. The minimum absolute atomic E-state index is 0.0763. The van der Waals surface area contributed by atoms with Gasteiger partial charge in [-0.3, -0.25) is 0 Å². The average molecular weight is 764 g/mol. The first-order valence-electron chi connectivity index (χ1n) is 19.4. The number of aromatic nitrogens is 2. The van der Waals surface area contributed by atoms with Crippen LogP contribution in [0.15, 0.2) is 182 Å². The summed E-state index contributed by atoms with van der Waals surface area (Å²) in [7, 11) is 0. The molecule has 3 aromatic heterocycles. The van der Waals surface area contributed by atoms with Crippen LogP contribution in [0.5, 0.6) is 0 Å². The van der Waals surface area contributed by atoms with E-state index in [9.17, 15) is 0 Å². The van der Waals surface area contributed by atoms with Gasteiger partial charge < -0.3 is 4.90 Å². The minimum atomic E-state index is 0.0763. The molecule has 268 valence electrons. The Morgan fingerprint density at radius 3 is 1.79 bits per heavy atom. The van der Waals surface area contributed by atoms with E-state index in [1.165, 1.54) is 64.4 Å². The molecular weight excluding hydrogens is 731 g/mol. The van der Waals surface area contributed by atoms with Crippen molar-refractivity contribution in [3.05, 3.63) is 198 Å². The SMILES string of the molecule is C1=CC2c3ccccc3N(c3c(-c4ccccc4)cc(-c4nc(-c5ccccc5)nc5c4sc4ccccc45)cc3-c3ccccc3)C2c2c1sc1ccccc21. The standard InChI is InChI=1S/C52H33N3S2/c1-4-16-32(17-5-1)40-30-35(47-51-48(39-24-12-15-27-44(39)57-51)54-52(53-47)34-20-8-3-9-21-34)31-41(33-18-6-2-7-19-33)49(40)55-42-25-13-10-22-36(42)37-28-29-45-46(50(37)55)38-23-11-14-26-43(38)56-45/h1-31,37,50H. The molecule has 2 aliphatic rings. The largest absolute Gasteiger partial charge is 0.332 e. The van der Waals surface area contributed by atoms with E-state index in [1.54, 1.807) is 11.3 Å². The van der Waals surface area contributed by atoms with Gasteiger partial charge in [0.1, 0.15) is 0 Å². The topological polar surface area (TPSA) is 29.0 Å². The second-order valence-electron chi connectivity index (χ2n) is 14.8. The van der Waals surface area contributed by atoms with Crippen LogP contribution in [-0.4, -0.2) is 9.97 Å². The molecule has 0 saturated heterocycles. The molecule has 2 atom stereocenters. The maximum absolute atomic E-state index is 5.47. The molecule has 0 radical (unpaired) electrons. The number of anilines is 2. The highest BCUT2D eigenvalue weighted by Crippen LogP contribution is 2.61. The molecule has 1 aliphatic heterocycles. The quantitative estimate of drug-likeness (QED) is 0.175. The van der Waals surface area contributed by atoms with Crippen LogP contribution in [-0.2, 0) is 0 Å². The third kappa shape index (κ3) is 5.09. The number of hydrogen-bond acceptors (Lipinski definition) is 5. The van der Waals surface area contributed by atoms with Gasteiger partial charge in [0, 0.05) is 59.1 Å². The monoisotopic (exact) mass is 763 g/mol. The van der Waals surface area contributed by atoms with Crippen LogP contribution < -0.4 is 4.90 Å². The summed E-state index contributed by atoms with van der Waals surface area (Å²) < 4.78 is 3.64. The Morgan fingerprint density at radius 1 is 0.509 bits per heavy atom. The minimum Gasteiger partial charge on any atom is -0.332 e. The van der Waals surface area contributed by atoms with Gasteiger partial charge in [-0.15, -0.1) is 22.7 Å². The lowest BCUT2D eigenvalue weighted by Crippen LogP contribution is -2.24. The molecule has 10 aromatic rings. The molecule has 0 fully saturated rings. The summed E-state index contributed by atoms with van der Waals surface area (Å²) in [6.45, 7) is 0. The van der Waals surface area contributed by atoms with Crippen molar-refractivity contribution in [3.8, 4) is 44.9 Å². The summed E-state index contributed by atoms with van der Waals surface area (Å²) in [5.41, 5.74) is 13.9. The Kier molecular flexibility index (Phi) is 7.40. The van der Waals surface area contributed by atoms with Crippen LogP contribution in [0, 0.1) is 0 Å². The molecule has 0 bridgehead atoms. The van der Waals surface area contributed by atoms with Crippen LogP contribution >= 0.6 is 22.7 Å². The molecule has 0 spiro atoms. The van der Waals surface area contributed by atoms with E-state index in [-0.39, 0.29) is 12.0 Å². The van der Waals surface area contributed by atoms with Crippen molar-refractivity contribution in [2.45, 2.75) is 12.0 Å². The van der Waals surface area contributed by atoms with E-state index in [0.29, 0.717) is 0 Å². The third-order valence-corrected chi connectivity index (χ3v) is 14.0. The lowest BCUT2D eigenvalue weighted by atomic mass is 9.84. The van der Waals surface area contributed by atoms with E-state index < -0.39 is 0 Å². The summed E-state index contributed by atoms with van der Waals surface area (Å²) in [4.78, 5) is 14.8. The molecule has 12 rings (SSSR count). The van der Waals surface area contributed by atoms with Crippen LogP contribution in [0.25, 0.3) is 81.4 Å². The molecule has 0 saturated carbocycles. The highest BCUT2D eigenvalue weighted by atomic mass is 32.1. The summed E-state index contributed by atoms with van der Waals surface area (Å²) >= 11 is 3.68. The van der Waals surface area contributed by atoms with Crippen molar-refractivity contribution >= 4 is 70.5 Å². The molecule has 3 nitrogen and oxygen atoms in total. The van der Waals surface area contributed by atoms with Crippen molar-refractivity contribution < 1.29 is 0 Å². The number of nitrogens with zero attached hydrogens (tertiary/aromatic N) is 3. The summed E-state index contributed by atoms with van der Waals surface area (Å²) in [6, 6.07) is 63.8. The zero-order chi connectivity index (χ0) is 37.5. The number of rotatable bonds is 5. The van der Waals surface area contributed by atoms with Crippen LogP contribution in [0.2, 0.25) is 0 Å². The van der Waals surface area contributed by atoms with Crippen LogP contribution in [0.3, 0.4) is 0 Å². The fourth-order valence-corrected chi connectivity index (χ4v) is 11.5. The first-order valence-corrected chi connectivity index (χ1v) is 21.0. The summed E-state index contributed by atoms with van der Waals surface area (Å²) in [6.07, 6.45) is 4.82. The fourth-order valence-electron chi connectivity index (χ4n) is 9.16. The zero-order valence-corrected chi connectivity index (χ0v) is 32.3. The second-order valence-corrected chi connectivity index (χ2v) is 17.0. The van der Waals surface area contributed by atoms with Gasteiger partial charge >= 0.3 is 0 Å². The van der Waals surface area contributed by atoms with Gasteiger partial charge in [-0.25, -0.2) is 9.97 Å². The average Bonchev–Trinajstić information content (AvgIpc) is 3.96. The van der Waals surface area contributed by atoms with Crippen molar-refractivity contribution in [1.82, 2.24) is 9.97 Å². The van der Waals surface area contributed by atoms with Gasteiger partial charge in [0.25, 0.3) is 0 Å². The molecule has 7 aromatic carbocycles. The lowest BCUT2D eigenvalue weighted by Gasteiger charge is -2.35. The molecule has 1 aliphatic carbocycles. The van der Waals surface area contributed by atoms with Crippen molar-refractivity contribution in [1.29, 1.82) is 0 Å². The summed E-state index contributed by atoms with van der Waals surface area (Å²) in [5, 5.41) is 2.50. The molecule has 0 N–H and O–H groups in total. The molecule has 5 heteroatoms. The van der Waals surface area contributed by atoms with Crippen molar-refractivity contribution in [2.24, 2.45) is 0 Å². The third-order valence-electron chi connectivity index (χ3n) is 11.6. The normalized spacial score (nSPS) is 15.6. The fraction of sp³-hybridized carbons (Fsp3) is 0.0385. The molecule has 4 heterocycles. The Labute approximate surface area is 338 Å². The molecular formula is C52H33N3S2. The number of benzene rings is 7. The number of para-hydroxylation sites is 1. The molecule has 57 heavy (non-hydrogen) atoms. The van der Waals surface area contributed by atoms with E-state index >= 15 is 0 Å². The Bertz CT molecular complexity index is 3140. The van der Waals surface area contributed by atoms with Gasteiger partial charge in [-0.1, -0.05) is 152 Å². The number of thiophene rings is 2. The van der Waals surface area contributed by atoms with E-state index in [4.69, 9.17) is 9.97 Å². The first kappa shape index (κ1) is 32.6. The Hall–Kier alpha value is -6.66.